The summed E-state index contributed by atoms with van der Waals surface area (Å²) >= 11 is 0. The number of carbonyl (C=O) groups excluding carboxylic acids is 3. The molecule has 15 heteroatoms. The van der Waals surface area contributed by atoms with Gasteiger partial charge in [0.1, 0.15) is 17.6 Å². The molecule has 59 heavy (non-hydrogen) atoms. The maximum Gasteiger partial charge on any atom is 0.255 e. The Morgan fingerprint density at radius 3 is 2.41 bits per heavy atom. The van der Waals surface area contributed by atoms with Crippen LogP contribution in [0.4, 0.5) is 26.1 Å². The summed E-state index contributed by atoms with van der Waals surface area (Å²) in [4.78, 5) is 66.6. The van der Waals surface area contributed by atoms with Crippen LogP contribution in [0.1, 0.15) is 70.6 Å². The number of rotatable bonds is 9. The molecule has 3 saturated heterocycles. The second-order valence-corrected chi connectivity index (χ2v) is 16.3. The van der Waals surface area contributed by atoms with Crippen molar-refractivity contribution >= 4 is 40.8 Å². The summed E-state index contributed by atoms with van der Waals surface area (Å²) in [6.07, 6.45) is 9.15. The largest absolute Gasteiger partial charge is 0.390 e. The average Bonchev–Trinajstić information content (AvgIpc) is 3.23. The zero-order valence-corrected chi connectivity index (χ0v) is 32.8. The number of hydrogen-bond acceptors (Lipinski definition) is 10. The lowest BCUT2D eigenvalue weighted by Crippen LogP contribution is -2.50. The number of anilines is 2. The number of likely N-dealkylation sites (tertiary alicyclic amines) is 1. The Labute approximate surface area is 340 Å². The molecule has 1 saturated carbocycles. The SMILES string of the molecule is O=C1CCC(Nc2ccc(N3CCC(CC4(O)CCN(C(=O)C5CCC(=Nc6ncc(F)c(-c7cccc(-n8ccccc8=O)c7)n6)CC5)CC4)CC3)c(F)c2)C(=O)N1. The van der Waals surface area contributed by atoms with Crippen LogP contribution in [0.3, 0.4) is 0 Å². The van der Waals surface area contributed by atoms with Crippen molar-refractivity contribution in [1.29, 1.82) is 0 Å². The third kappa shape index (κ3) is 9.25. The lowest BCUT2D eigenvalue weighted by molar-refractivity contribution is -0.141. The Hall–Kier alpha value is -5.83. The summed E-state index contributed by atoms with van der Waals surface area (Å²) in [5.41, 5.74) is 1.96. The summed E-state index contributed by atoms with van der Waals surface area (Å²) in [5.74, 6) is -1.28. The molecule has 1 atom stereocenters. The van der Waals surface area contributed by atoms with Crippen molar-refractivity contribution in [2.75, 3.05) is 36.4 Å². The summed E-state index contributed by atoms with van der Waals surface area (Å²) in [7, 11) is 0. The molecule has 0 bridgehead atoms. The van der Waals surface area contributed by atoms with Crippen LogP contribution in [0.15, 0.2) is 82.8 Å². The van der Waals surface area contributed by atoms with Gasteiger partial charge in [0, 0.05) is 73.4 Å². The smallest absolute Gasteiger partial charge is 0.255 e. The van der Waals surface area contributed by atoms with Crippen molar-refractivity contribution in [3.63, 3.8) is 0 Å². The number of benzene rings is 2. The molecule has 2 aromatic carbocycles. The van der Waals surface area contributed by atoms with E-state index in [1.165, 1.54) is 16.7 Å². The summed E-state index contributed by atoms with van der Waals surface area (Å²) in [6.45, 7) is 2.33. The molecule has 0 spiro atoms. The molecule has 1 unspecified atom stereocenters. The van der Waals surface area contributed by atoms with Crippen LogP contribution in [-0.4, -0.2) is 85.8 Å². The zero-order valence-electron chi connectivity index (χ0n) is 32.8. The molecule has 3 N–H and O–H groups in total. The van der Waals surface area contributed by atoms with E-state index in [4.69, 9.17) is 0 Å². The second kappa shape index (κ2) is 17.2. The molecule has 3 aliphatic heterocycles. The van der Waals surface area contributed by atoms with Crippen LogP contribution in [0.5, 0.6) is 0 Å². The first kappa shape index (κ1) is 40.0. The minimum atomic E-state index is -0.848. The van der Waals surface area contributed by atoms with Gasteiger partial charge in [0.25, 0.3) is 5.56 Å². The van der Waals surface area contributed by atoms with Gasteiger partial charge in [-0.3, -0.25) is 29.1 Å². The van der Waals surface area contributed by atoms with Crippen molar-refractivity contribution in [3.05, 3.63) is 95.0 Å². The molecule has 4 aliphatic rings. The third-order valence-corrected chi connectivity index (χ3v) is 12.3. The van der Waals surface area contributed by atoms with Gasteiger partial charge in [-0.05, 0) is 107 Å². The number of aliphatic hydroxyl groups is 1. The van der Waals surface area contributed by atoms with Crippen molar-refractivity contribution in [3.8, 4) is 16.9 Å². The van der Waals surface area contributed by atoms with E-state index in [0.29, 0.717) is 100 Å². The average molecular weight is 807 g/mol. The number of imide groups is 1. The lowest BCUT2D eigenvalue weighted by Gasteiger charge is -2.43. The van der Waals surface area contributed by atoms with Gasteiger partial charge >= 0.3 is 0 Å². The van der Waals surface area contributed by atoms with Crippen molar-refractivity contribution in [1.82, 2.24) is 24.8 Å². The highest BCUT2D eigenvalue weighted by Crippen LogP contribution is 2.37. The second-order valence-electron chi connectivity index (χ2n) is 16.3. The van der Waals surface area contributed by atoms with Crippen molar-refractivity contribution < 1.29 is 28.3 Å². The fourth-order valence-corrected chi connectivity index (χ4v) is 8.92. The summed E-state index contributed by atoms with van der Waals surface area (Å²) in [5, 5.41) is 16.9. The number of amides is 3. The van der Waals surface area contributed by atoms with E-state index >= 15 is 4.39 Å². The number of nitrogens with one attached hydrogen (secondary N) is 2. The van der Waals surface area contributed by atoms with Gasteiger partial charge < -0.3 is 20.2 Å². The fourth-order valence-electron chi connectivity index (χ4n) is 8.92. The van der Waals surface area contributed by atoms with Gasteiger partial charge in [0.2, 0.25) is 23.7 Å². The first-order valence-electron chi connectivity index (χ1n) is 20.5. The standard InChI is InChI=1S/C44H48F2N8O5/c45-34-25-32(48-36-12-14-38(55)50-41(36)57)11-13-37(34)52-20-15-28(16-21-52)26-44(59)17-22-53(23-18-44)42(58)29-7-9-31(10-8-29)49-43-47-27-35(46)40(51-43)30-4-3-5-33(24-30)54-19-2-1-6-39(54)56/h1-6,11,13,19,24-25,27-29,36,48,59H,7-10,12,14-18,20-23,26H2,(H,50,55,57). The molecule has 4 fully saturated rings. The maximum absolute atomic E-state index is 15.2. The Bertz CT molecular complexity index is 2310. The summed E-state index contributed by atoms with van der Waals surface area (Å²) in [6, 6.07) is 16.1. The summed E-state index contributed by atoms with van der Waals surface area (Å²) < 4.78 is 31.7. The van der Waals surface area contributed by atoms with Crippen LogP contribution >= 0.6 is 0 Å². The van der Waals surface area contributed by atoms with E-state index in [1.54, 1.807) is 54.7 Å². The molecular formula is C44H48F2N8O5. The molecule has 0 radical (unpaired) electrons. The van der Waals surface area contributed by atoms with Crippen LogP contribution in [0, 0.1) is 23.5 Å². The number of pyridine rings is 1. The van der Waals surface area contributed by atoms with Crippen molar-refractivity contribution in [2.45, 2.75) is 82.3 Å². The Morgan fingerprint density at radius 1 is 0.898 bits per heavy atom. The Morgan fingerprint density at radius 2 is 1.68 bits per heavy atom. The number of aliphatic imine (C=N–C) groups is 1. The van der Waals surface area contributed by atoms with Gasteiger partial charge in [-0.25, -0.2) is 23.7 Å². The molecular weight excluding hydrogens is 759 g/mol. The molecule has 5 heterocycles. The lowest BCUT2D eigenvalue weighted by atomic mass is 9.79. The maximum atomic E-state index is 15.2. The van der Waals surface area contributed by atoms with Crippen LogP contribution in [-0.2, 0) is 14.4 Å². The number of aromatic nitrogens is 3. The quantitative estimate of drug-likeness (QED) is 0.180. The van der Waals surface area contributed by atoms with Gasteiger partial charge in [-0.1, -0.05) is 18.2 Å². The molecule has 1 aliphatic carbocycles. The van der Waals surface area contributed by atoms with E-state index in [9.17, 15) is 28.7 Å². The zero-order chi connectivity index (χ0) is 41.1. The molecule has 8 rings (SSSR count). The number of piperidine rings is 3. The van der Waals surface area contributed by atoms with E-state index < -0.39 is 23.4 Å². The molecule has 4 aromatic rings. The van der Waals surface area contributed by atoms with E-state index in [2.05, 4.69) is 25.6 Å². The van der Waals surface area contributed by atoms with Gasteiger partial charge in [-0.15, -0.1) is 0 Å². The fraction of sp³-hybridized carbons (Fsp3) is 0.432. The highest BCUT2D eigenvalue weighted by atomic mass is 19.1. The highest BCUT2D eigenvalue weighted by molar-refractivity contribution is 6.01. The minimum Gasteiger partial charge on any atom is -0.390 e. The molecule has 13 nitrogen and oxygen atoms in total. The first-order valence-corrected chi connectivity index (χ1v) is 20.5. The predicted octanol–water partition coefficient (Wildman–Crippen LogP) is 5.71. The topological polar surface area (TPSA) is 162 Å². The molecule has 2 aromatic heterocycles. The van der Waals surface area contributed by atoms with E-state index in [0.717, 1.165) is 24.8 Å². The third-order valence-electron chi connectivity index (χ3n) is 12.3. The normalized spacial score (nSPS) is 21.2. The monoisotopic (exact) mass is 806 g/mol. The molecule has 3 amide bonds. The number of hydrogen-bond donors (Lipinski definition) is 3. The van der Waals surface area contributed by atoms with Crippen LogP contribution < -0.4 is 21.1 Å². The minimum absolute atomic E-state index is 0.0881. The number of nitrogens with zero attached hydrogens (tertiary/aromatic N) is 6. The number of carbonyl (C=O) groups is 3. The van der Waals surface area contributed by atoms with Gasteiger partial charge in [0.15, 0.2) is 5.82 Å². The highest BCUT2D eigenvalue weighted by Gasteiger charge is 2.39. The predicted molar refractivity (Wildman–Crippen MR) is 219 cm³/mol. The Balaban J connectivity index is 0.793. The van der Waals surface area contributed by atoms with Crippen LogP contribution in [0.2, 0.25) is 0 Å². The Kier molecular flexibility index (Phi) is 11.6. The number of halogens is 2. The van der Waals surface area contributed by atoms with Crippen LogP contribution in [0.25, 0.3) is 16.9 Å². The van der Waals surface area contributed by atoms with E-state index in [1.807, 2.05) is 9.80 Å². The van der Waals surface area contributed by atoms with E-state index in [-0.39, 0.29) is 53.1 Å². The first-order chi connectivity index (χ1) is 28.5. The molecule has 308 valence electrons. The van der Waals surface area contributed by atoms with Gasteiger partial charge in [0.05, 0.1) is 17.5 Å². The van der Waals surface area contributed by atoms with Gasteiger partial charge in [-0.2, -0.15) is 0 Å². The van der Waals surface area contributed by atoms with Crippen molar-refractivity contribution in [2.24, 2.45) is 16.8 Å².